The molecule has 1 aliphatic carbocycles. The molecule has 1 N–H and O–H groups in total. The monoisotopic (exact) mass is 185 g/mol. The molecule has 0 radical (unpaired) electrons. The van der Waals surface area contributed by atoms with Crippen LogP contribution >= 0.6 is 11.8 Å². The van der Waals surface area contributed by atoms with Crippen LogP contribution < -0.4 is 5.32 Å². The topological polar surface area (TPSA) is 12.0 Å². The largest absolute Gasteiger partial charge is 0.299 e. The summed E-state index contributed by atoms with van der Waals surface area (Å²) in [4.78, 5) is 0.483. The Hall–Kier alpha value is 0.310. The predicted octanol–water partition coefficient (Wildman–Crippen LogP) is 2.62. The summed E-state index contributed by atoms with van der Waals surface area (Å²) in [5.74, 6) is 2.25. The molecule has 2 aliphatic rings. The van der Waals surface area contributed by atoms with Crippen molar-refractivity contribution in [2.75, 3.05) is 5.75 Å². The molecule has 0 aromatic heterocycles. The number of thioether (sulfide) groups is 1. The van der Waals surface area contributed by atoms with Gasteiger partial charge < -0.3 is 0 Å². The minimum atomic E-state index is 0.483. The van der Waals surface area contributed by atoms with Gasteiger partial charge in [-0.15, -0.1) is 11.8 Å². The van der Waals surface area contributed by atoms with Gasteiger partial charge in [-0.1, -0.05) is 19.8 Å². The molecule has 1 spiro atoms. The van der Waals surface area contributed by atoms with Gasteiger partial charge in [-0.25, -0.2) is 0 Å². The molecule has 0 bridgehead atoms. The lowest BCUT2D eigenvalue weighted by Gasteiger charge is -2.36. The standard InChI is InChI=1S/C10H19NS/c1-8-4-3-5-10(6-8)11-9(2)7-12-10/h8-9,11H,3-7H2,1-2H3. The Morgan fingerprint density at radius 2 is 2.25 bits per heavy atom. The minimum Gasteiger partial charge on any atom is -0.299 e. The molecule has 0 aromatic rings. The molecule has 1 heterocycles. The predicted molar refractivity (Wildman–Crippen MR) is 55.4 cm³/mol. The zero-order valence-corrected chi connectivity index (χ0v) is 8.91. The van der Waals surface area contributed by atoms with Gasteiger partial charge in [-0.05, 0) is 25.7 Å². The SMILES string of the molecule is CC1CCCC2(C1)NC(C)CS2. The van der Waals surface area contributed by atoms with E-state index in [0.717, 1.165) is 12.0 Å². The number of rotatable bonds is 0. The van der Waals surface area contributed by atoms with Crippen molar-refractivity contribution in [3.63, 3.8) is 0 Å². The zero-order chi connectivity index (χ0) is 8.60. The maximum absolute atomic E-state index is 3.76. The van der Waals surface area contributed by atoms with Gasteiger partial charge in [0, 0.05) is 11.8 Å². The van der Waals surface area contributed by atoms with Crippen LogP contribution in [0.3, 0.4) is 0 Å². The fourth-order valence-corrected chi connectivity index (χ4v) is 4.21. The van der Waals surface area contributed by atoms with Crippen LogP contribution in [0.25, 0.3) is 0 Å². The molecule has 2 rings (SSSR count). The smallest absolute Gasteiger partial charge is 0.0650 e. The van der Waals surface area contributed by atoms with E-state index >= 15 is 0 Å². The lowest BCUT2D eigenvalue weighted by Crippen LogP contribution is -2.43. The van der Waals surface area contributed by atoms with E-state index in [4.69, 9.17) is 0 Å². The third-order valence-corrected chi connectivity index (χ3v) is 4.78. The molecule has 1 aliphatic heterocycles. The van der Waals surface area contributed by atoms with Crippen LogP contribution in [0.4, 0.5) is 0 Å². The summed E-state index contributed by atoms with van der Waals surface area (Å²) in [5, 5.41) is 3.76. The lowest BCUT2D eigenvalue weighted by molar-refractivity contribution is 0.273. The highest BCUT2D eigenvalue weighted by atomic mass is 32.2. The molecule has 3 atom stereocenters. The summed E-state index contributed by atoms with van der Waals surface area (Å²) in [7, 11) is 0. The van der Waals surface area contributed by atoms with Crippen LogP contribution in [0.1, 0.15) is 39.5 Å². The second kappa shape index (κ2) is 3.22. The van der Waals surface area contributed by atoms with Crippen molar-refractivity contribution in [1.82, 2.24) is 5.32 Å². The van der Waals surface area contributed by atoms with Gasteiger partial charge in [0.25, 0.3) is 0 Å². The Morgan fingerprint density at radius 1 is 1.42 bits per heavy atom. The van der Waals surface area contributed by atoms with E-state index in [0.29, 0.717) is 4.87 Å². The van der Waals surface area contributed by atoms with Crippen molar-refractivity contribution in [3.8, 4) is 0 Å². The Balaban J connectivity index is 2.00. The van der Waals surface area contributed by atoms with E-state index in [2.05, 4.69) is 30.9 Å². The van der Waals surface area contributed by atoms with Gasteiger partial charge in [0.15, 0.2) is 0 Å². The van der Waals surface area contributed by atoms with Crippen molar-refractivity contribution < 1.29 is 0 Å². The molecular formula is C10H19NS. The summed E-state index contributed by atoms with van der Waals surface area (Å²) >= 11 is 2.17. The maximum atomic E-state index is 3.76. The first-order chi connectivity index (χ1) is 5.70. The summed E-state index contributed by atoms with van der Waals surface area (Å²) in [6.45, 7) is 4.70. The molecule has 3 unspecified atom stereocenters. The molecule has 2 fully saturated rings. The average Bonchev–Trinajstić information content (AvgIpc) is 2.32. The van der Waals surface area contributed by atoms with Crippen LogP contribution in [0.2, 0.25) is 0 Å². The molecule has 1 saturated carbocycles. The molecular weight excluding hydrogens is 166 g/mol. The maximum Gasteiger partial charge on any atom is 0.0650 e. The third-order valence-electron chi connectivity index (χ3n) is 3.07. The molecule has 1 nitrogen and oxygen atoms in total. The first kappa shape index (κ1) is 8.89. The van der Waals surface area contributed by atoms with E-state index in [1.54, 1.807) is 0 Å². The highest BCUT2D eigenvalue weighted by Gasteiger charge is 2.40. The molecule has 0 amide bonds. The molecule has 0 aromatic carbocycles. The first-order valence-electron chi connectivity index (χ1n) is 5.12. The molecule has 70 valence electrons. The Bertz CT molecular complexity index is 167. The van der Waals surface area contributed by atoms with Gasteiger partial charge in [-0.3, -0.25) is 5.32 Å². The van der Waals surface area contributed by atoms with Crippen LogP contribution in [-0.4, -0.2) is 16.7 Å². The van der Waals surface area contributed by atoms with Crippen LogP contribution in [0.5, 0.6) is 0 Å². The first-order valence-corrected chi connectivity index (χ1v) is 6.10. The van der Waals surface area contributed by atoms with Gasteiger partial charge in [0.1, 0.15) is 0 Å². The summed E-state index contributed by atoms with van der Waals surface area (Å²) in [6.07, 6.45) is 5.65. The van der Waals surface area contributed by atoms with E-state index in [1.165, 1.54) is 31.4 Å². The molecule has 1 saturated heterocycles. The van der Waals surface area contributed by atoms with Gasteiger partial charge in [0.05, 0.1) is 4.87 Å². The van der Waals surface area contributed by atoms with E-state index in [-0.39, 0.29) is 0 Å². The fourth-order valence-electron chi connectivity index (χ4n) is 2.58. The quantitative estimate of drug-likeness (QED) is 0.622. The Kier molecular flexibility index (Phi) is 2.39. The highest BCUT2D eigenvalue weighted by Crippen LogP contribution is 2.43. The van der Waals surface area contributed by atoms with Crippen LogP contribution in [0.15, 0.2) is 0 Å². The number of nitrogens with one attached hydrogen (secondary N) is 1. The van der Waals surface area contributed by atoms with Gasteiger partial charge in [0.2, 0.25) is 0 Å². The zero-order valence-electron chi connectivity index (χ0n) is 8.10. The molecule has 12 heavy (non-hydrogen) atoms. The van der Waals surface area contributed by atoms with Crippen molar-refractivity contribution in [3.05, 3.63) is 0 Å². The number of hydrogen-bond donors (Lipinski definition) is 1. The Labute approximate surface area is 79.7 Å². The van der Waals surface area contributed by atoms with Crippen molar-refractivity contribution >= 4 is 11.8 Å². The third kappa shape index (κ3) is 1.64. The number of hydrogen-bond acceptors (Lipinski definition) is 2. The van der Waals surface area contributed by atoms with E-state index in [9.17, 15) is 0 Å². The fraction of sp³-hybridized carbons (Fsp3) is 1.00. The van der Waals surface area contributed by atoms with Crippen molar-refractivity contribution in [1.29, 1.82) is 0 Å². The lowest BCUT2D eigenvalue weighted by atomic mass is 9.86. The molecule has 2 heteroatoms. The highest BCUT2D eigenvalue weighted by molar-refractivity contribution is 8.00. The summed E-state index contributed by atoms with van der Waals surface area (Å²) < 4.78 is 0. The second-order valence-electron chi connectivity index (χ2n) is 4.55. The minimum absolute atomic E-state index is 0.483. The Morgan fingerprint density at radius 3 is 2.83 bits per heavy atom. The van der Waals surface area contributed by atoms with Crippen molar-refractivity contribution in [2.45, 2.75) is 50.4 Å². The van der Waals surface area contributed by atoms with Crippen molar-refractivity contribution in [2.24, 2.45) is 5.92 Å². The van der Waals surface area contributed by atoms with E-state index < -0.39 is 0 Å². The van der Waals surface area contributed by atoms with Gasteiger partial charge in [-0.2, -0.15) is 0 Å². The van der Waals surface area contributed by atoms with E-state index in [1.807, 2.05) is 0 Å². The summed E-state index contributed by atoms with van der Waals surface area (Å²) in [6, 6.07) is 0.736. The van der Waals surface area contributed by atoms with Gasteiger partial charge >= 0.3 is 0 Å². The van der Waals surface area contributed by atoms with Crippen LogP contribution in [0, 0.1) is 5.92 Å². The second-order valence-corrected chi connectivity index (χ2v) is 5.96. The van der Waals surface area contributed by atoms with Crippen LogP contribution in [-0.2, 0) is 0 Å². The average molecular weight is 185 g/mol. The summed E-state index contributed by atoms with van der Waals surface area (Å²) in [5.41, 5.74) is 0. The normalized spacial score (nSPS) is 48.5.